The highest BCUT2D eigenvalue weighted by molar-refractivity contribution is 5.79. The summed E-state index contributed by atoms with van der Waals surface area (Å²) in [6.45, 7) is 3.08. The maximum absolute atomic E-state index is 12.4. The first-order chi connectivity index (χ1) is 11.2. The van der Waals surface area contributed by atoms with E-state index in [4.69, 9.17) is 13.9 Å². The first-order valence-electron chi connectivity index (χ1n) is 7.50. The van der Waals surface area contributed by atoms with E-state index in [9.17, 15) is 4.79 Å². The standard InChI is InChI=1S/C19H18O4/c1-3-22-12-13-4-9-18-16(10-13)17(20)11-19(23-18)14-5-7-15(21-2)8-6-14/h4-11H,3,12H2,1-2H3. The molecule has 3 aromatic rings. The van der Waals surface area contributed by atoms with Crippen molar-refractivity contribution in [2.45, 2.75) is 13.5 Å². The zero-order valence-corrected chi connectivity index (χ0v) is 13.2. The van der Waals surface area contributed by atoms with Crippen LogP contribution < -0.4 is 10.2 Å². The van der Waals surface area contributed by atoms with E-state index in [0.717, 1.165) is 16.9 Å². The summed E-state index contributed by atoms with van der Waals surface area (Å²) in [5, 5.41) is 0.569. The summed E-state index contributed by atoms with van der Waals surface area (Å²) in [5.41, 5.74) is 2.31. The zero-order valence-electron chi connectivity index (χ0n) is 13.2. The van der Waals surface area contributed by atoms with Crippen molar-refractivity contribution in [3.63, 3.8) is 0 Å². The van der Waals surface area contributed by atoms with Gasteiger partial charge in [0.05, 0.1) is 19.1 Å². The van der Waals surface area contributed by atoms with Gasteiger partial charge in [-0.2, -0.15) is 0 Å². The fraction of sp³-hybridized carbons (Fsp3) is 0.211. The number of hydrogen-bond acceptors (Lipinski definition) is 4. The van der Waals surface area contributed by atoms with Crippen molar-refractivity contribution in [3.8, 4) is 17.1 Å². The summed E-state index contributed by atoms with van der Waals surface area (Å²) in [6, 6.07) is 14.5. The van der Waals surface area contributed by atoms with Gasteiger partial charge in [0.15, 0.2) is 5.43 Å². The summed E-state index contributed by atoms with van der Waals surface area (Å²) in [6.07, 6.45) is 0. The average Bonchev–Trinajstić information content (AvgIpc) is 2.60. The Bertz CT molecular complexity index is 863. The topological polar surface area (TPSA) is 48.7 Å². The van der Waals surface area contributed by atoms with Gasteiger partial charge in [-0.15, -0.1) is 0 Å². The molecule has 1 heterocycles. The summed E-state index contributed by atoms with van der Waals surface area (Å²) in [4.78, 5) is 12.4. The number of rotatable bonds is 5. The molecule has 3 rings (SSSR count). The predicted octanol–water partition coefficient (Wildman–Crippen LogP) is 4.01. The lowest BCUT2D eigenvalue weighted by Crippen LogP contribution is -2.02. The molecule has 0 spiro atoms. The van der Waals surface area contributed by atoms with Gasteiger partial charge in [0.1, 0.15) is 17.1 Å². The maximum atomic E-state index is 12.4. The Balaban J connectivity index is 2.02. The molecule has 0 aliphatic carbocycles. The van der Waals surface area contributed by atoms with Crippen molar-refractivity contribution >= 4 is 11.0 Å². The van der Waals surface area contributed by atoms with Crippen LogP contribution in [0.15, 0.2) is 57.7 Å². The monoisotopic (exact) mass is 310 g/mol. The predicted molar refractivity (Wildman–Crippen MR) is 89.8 cm³/mol. The minimum absolute atomic E-state index is 0.0598. The van der Waals surface area contributed by atoms with Gasteiger partial charge < -0.3 is 13.9 Å². The molecule has 0 saturated heterocycles. The molecule has 0 bridgehead atoms. The van der Waals surface area contributed by atoms with Crippen molar-refractivity contribution in [2.24, 2.45) is 0 Å². The van der Waals surface area contributed by atoms with Crippen LogP contribution in [0.1, 0.15) is 12.5 Å². The van der Waals surface area contributed by atoms with Gasteiger partial charge in [-0.3, -0.25) is 4.79 Å². The quantitative estimate of drug-likeness (QED) is 0.714. The third kappa shape index (κ3) is 3.27. The average molecular weight is 310 g/mol. The van der Waals surface area contributed by atoms with Gasteiger partial charge in [0.25, 0.3) is 0 Å². The Hall–Kier alpha value is -2.59. The third-order valence-corrected chi connectivity index (χ3v) is 3.64. The van der Waals surface area contributed by atoms with Crippen molar-refractivity contribution in [1.82, 2.24) is 0 Å². The van der Waals surface area contributed by atoms with Crippen molar-refractivity contribution in [2.75, 3.05) is 13.7 Å². The first-order valence-corrected chi connectivity index (χ1v) is 7.50. The Labute approximate surface area is 134 Å². The second-order valence-corrected chi connectivity index (χ2v) is 5.17. The lowest BCUT2D eigenvalue weighted by atomic mass is 10.1. The smallest absolute Gasteiger partial charge is 0.193 e. The molecule has 2 aromatic carbocycles. The van der Waals surface area contributed by atoms with E-state index in [0.29, 0.717) is 29.9 Å². The molecule has 0 atom stereocenters. The van der Waals surface area contributed by atoms with Gasteiger partial charge in [0, 0.05) is 18.2 Å². The molecule has 4 heteroatoms. The Morgan fingerprint density at radius 3 is 2.52 bits per heavy atom. The second-order valence-electron chi connectivity index (χ2n) is 5.17. The fourth-order valence-electron chi connectivity index (χ4n) is 2.41. The number of ether oxygens (including phenoxy) is 2. The van der Waals surface area contributed by atoms with Crippen LogP contribution >= 0.6 is 0 Å². The molecule has 0 amide bonds. The highest BCUT2D eigenvalue weighted by Crippen LogP contribution is 2.24. The minimum atomic E-state index is -0.0598. The summed E-state index contributed by atoms with van der Waals surface area (Å²) in [5.74, 6) is 1.31. The van der Waals surface area contributed by atoms with Crippen LogP contribution in [-0.2, 0) is 11.3 Å². The van der Waals surface area contributed by atoms with E-state index in [2.05, 4.69) is 0 Å². The molecular formula is C19H18O4. The number of fused-ring (bicyclic) bond motifs is 1. The largest absolute Gasteiger partial charge is 0.497 e. The third-order valence-electron chi connectivity index (χ3n) is 3.64. The van der Waals surface area contributed by atoms with E-state index in [-0.39, 0.29) is 5.43 Å². The molecule has 0 saturated carbocycles. The number of hydrogen-bond donors (Lipinski definition) is 0. The molecule has 118 valence electrons. The van der Waals surface area contributed by atoms with E-state index in [1.54, 1.807) is 7.11 Å². The Morgan fingerprint density at radius 1 is 1.04 bits per heavy atom. The molecule has 0 fully saturated rings. The second kappa shape index (κ2) is 6.67. The highest BCUT2D eigenvalue weighted by atomic mass is 16.5. The van der Waals surface area contributed by atoms with Gasteiger partial charge >= 0.3 is 0 Å². The minimum Gasteiger partial charge on any atom is -0.497 e. The van der Waals surface area contributed by atoms with E-state index in [1.165, 1.54) is 6.07 Å². The van der Waals surface area contributed by atoms with Crippen LogP contribution in [0.3, 0.4) is 0 Å². The van der Waals surface area contributed by atoms with E-state index < -0.39 is 0 Å². The SMILES string of the molecule is CCOCc1ccc2oc(-c3ccc(OC)cc3)cc(=O)c2c1. The Kier molecular flexibility index (Phi) is 4.44. The zero-order chi connectivity index (χ0) is 16.2. The molecule has 0 radical (unpaired) electrons. The van der Waals surface area contributed by atoms with E-state index in [1.807, 2.05) is 49.4 Å². The molecule has 1 aromatic heterocycles. The maximum Gasteiger partial charge on any atom is 0.193 e. The van der Waals surface area contributed by atoms with Crippen LogP contribution in [0.25, 0.3) is 22.3 Å². The highest BCUT2D eigenvalue weighted by Gasteiger charge is 2.08. The van der Waals surface area contributed by atoms with Gasteiger partial charge in [0.2, 0.25) is 0 Å². The molecular weight excluding hydrogens is 292 g/mol. The molecule has 4 nitrogen and oxygen atoms in total. The van der Waals surface area contributed by atoms with Gasteiger partial charge in [-0.1, -0.05) is 6.07 Å². The number of benzene rings is 2. The lowest BCUT2D eigenvalue weighted by molar-refractivity contribution is 0.134. The normalized spacial score (nSPS) is 10.9. The molecule has 0 N–H and O–H groups in total. The van der Waals surface area contributed by atoms with Gasteiger partial charge in [-0.25, -0.2) is 0 Å². The molecule has 0 aliphatic rings. The first kappa shape index (κ1) is 15.3. The van der Waals surface area contributed by atoms with Crippen LogP contribution in [-0.4, -0.2) is 13.7 Å². The van der Waals surface area contributed by atoms with Crippen LogP contribution in [0.4, 0.5) is 0 Å². The molecule has 23 heavy (non-hydrogen) atoms. The number of methoxy groups -OCH3 is 1. The molecule has 0 aliphatic heterocycles. The molecule has 0 unspecified atom stereocenters. The fourth-order valence-corrected chi connectivity index (χ4v) is 2.41. The lowest BCUT2D eigenvalue weighted by Gasteiger charge is -2.06. The van der Waals surface area contributed by atoms with Crippen LogP contribution in [0, 0.1) is 0 Å². The Morgan fingerprint density at radius 2 is 1.83 bits per heavy atom. The van der Waals surface area contributed by atoms with Crippen LogP contribution in [0.2, 0.25) is 0 Å². The summed E-state index contributed by atoms with van der Waals surface area (Å²) < 4.78 is 16.4. The summed E-state index contributed by atoms with van der Waals surface area (Å²) >= 11 is 0. The van der Waals surface area contributed by atoms with Crippen molar-refractivity contribution in [1.29, 1.82) is 0 Å². The van der Waals surface area contributed by atoms with Crippen molar-refractivity contribution < 1.29 is 13.9 Å². The summed E-state index contributed by atoms with van der Waals surface area (Å²) in [7, 11) is 1.62. The van der Waals surface area contributed by atoms with Gasteiger partial charge in [-0.05, 0) is 48.9 Å². The van der Waals surface area contributed by atoms with E-state index >= 15 is 0 Å². The van der Waals surface area contributed by atoms with Crippen molar-refractivity contribution in [3.05, 3.63) is 64.3 Å². The van der Waals surface area contributed by atoms with Crippen LogP contribution in [0.5, 0.6) is 5.75 Å².